The Hall–Kier alpha value is -2.13. The predicted octanol–water partition coefficient (Wildman–Crippen LogP) is 0.824. The first-order valence-electron chi connectivity index (χ1n) is 5.96. The van der Waals surface area contributed by atoms with E-state index in [1.807, 2.05) is 0 Å². The molecule has 0 unspecified atom stereocenters. The van der Waals surface area contributed by atoms with Gasteiger partial charge in [-0.2, -0.15) is 5.10 Å². The maximum atomic E-state index is 13.6. The van der Waals surface area contributed by atoms with E-state index in [2.05, 4.69) is 9.82 Å². The van der Waals surface area contributed by atoms with Crippen molar-refractivity contribution in [1.29, 1.82) is 0 Å². The van der Waals surface area contributed by atoms with Crippen LogP contribution in [-0.2, 0) is 16.6 Å². The summed E-state index contributed by atoms with van der Waals surface area (Å²) in [5.41, 5.74) is -0.218. The summed E-state index contributed by atoms with van der Waals surface area (Å²) in [6.07, 6.45) is 2.37. The molecule has 2 rings (SSSR count). The van der Waals surface area contributed by atoms with Gasteiger partial charge in [0.05, 0.1) is 32.1 Å². The van der Waals surface area contributed by atoms with Crippen LogP contribution in [0.5, 0.6) is 5.75 Å². The molecule has 1 heterocycles. The molecule has 0 atom stereocenters. The number of ether oxygens (including phenoxy) is 1. The van der Waals surface area contributed by atoms with Crippen LogP contribution in [0, 0.1) is 5.82 Å². The lowest BCUT2D eigenvalue weighted by molar-refractivity contribution is 0.269. The van der Waals surface area contributed by atoms with E-state index in [0.717, 1.165) is 12.3 Å². The van der Waals surface area contributed by atoms with Crippen LogP contribution in [0.4, 0.5) is 10.1 Å². The molecule has 114 valence electrons. The molecule has 0 aliphatic heterocycles. The molecule has 7 nitrogen and oxygen atoms in total. The lowest BCUT2D eigenvalue weighted by atomic mass is 10.3. The SMILES string of the molecule is COc1ccc(F)c(NS(=O)(=O)c2cnn(CCO)c2)c1. The average molecular weight is 315 g/mol. The molecule has 0 amide bonds. The summed E-state index contributed by atoms with van der Waals surface area (Å²) in [4.78, 5) is -0.127. The first-order valence-corrected chi connectivity index (χ1v) is 7.44. The van der Waals surface area contributed by atoms with Crippen LogP contribution in [0.15, 0.2) is 35.5 Å². The van der Waals surface area contributed by atoms with Gasteiger partial charge in [-0.1, -0.05) is 0 Å². The first-order chi connectivity index (χ1) is 9.96. The molecule has 9 heteroatoms. The van der Waals surface area contributed by atoms with E-state index in [0.29, 0.717) is 5.75 Å². The highest BCUT2D eigenvalue weighted by Gasteiger charge is 2.19. The Morgan fingerprint density at radius 1 is 1.48 bits per heavy atom. The van der Waals surface area contributed by atoms with Crippen molar-refractivity contribution in [3.05, 3.63) is 36.4 Å². The zero-order chi connectivity index (χ0) is 15.5. The third-order valence-electron chi connectivity index (χ3n) is 2.67. The molecular formula is C12H14FN3O4S. The summed E-state index contributed by atoms with van der Waals surface area (Å²) in [5, 5.41) is 12.6. The molecule has 0 aliphatic rings. The number of anilines is 1. The number of hydrogen-bond donors (Lipinski definition) is 2. The molecule has 21 heavy (non-hydrogen) atoms. The van der Waals surface area contributed by atoms with E-state index in [4.69, 9.17) is 9.84 Å². The topological polar surface area (TPSA) is 93.5 Å². The number of aromatic nitrogens is 2. The average Bonchev–Trinajstić information content (AvgIpc) is 2.91. The molecule has 0 spiro atoms. The Kier molecular flexibility index (Phi) is 4.43. The molecule has 2 N–H and O–H groups in total. The fourth-order valence-corrected chi connectivity index (χ4v) is 2.63. The third kappa shape index (κ3) is 3.50. The number of methoxy groups -OCH3 is 1. The van der Waals surface area contributed by atoms with Crippen molar-refractivity contribution in [2.24, 2.45) is 0 Å². The maximum absolute atomic E-state index is 13.6. The molecule has 1 aromatic heterocycles. The molecule has 0 fully saturated rings. The standard InChI is InChI=1S/C12H14FN3O4S/c1-20-9-2-3-11(13)12(6-9)15-21(18,19)10-7-14-16(8-10)4-5-17/h2-3,6-8,15,17H,4-5H2,1H3. The summed E-state index contributed by atoms with van der Waals surface area (Å²) in [6.45, 7) is 0.00213. The molecule has 0 radical (unpaired) electrons. The molecule has 0 aliphatic carbocycles. The van der Waals surface area contributed by atoms with Crippen molar-refractivity contribution in [1.82, 2.24) is 9.78 Å². The Morgan fingerprint density at radius 3 is 2.90 bits per heavy atom. The van der Waals surface area contributed by atoms with E-state index in [9.17, 15) is 12.8 Å². The number of benzene rings is 1. The van der Waals surface area contributed by atoms with Gasteiger partial charge in [0.15, 0.2) is 0 Å². The van der Waals surface area contributed by atoms with Gasteiger partial charge < -0.3 is 9.84 Å². The van der Waals surface area contributed by atoms with E-state index in [1.54, 1.807) is 0 Å². The van der Waals surface area contributed by atoms with Crippen LogP contribution in [0.3, 0.4) is 0 Å². The highest BCUT2D eigenvalue weighted by atomic mass is 32.2. The van der Waals surface area contributed by atoms with Gasteiger partial charge in [-0.05, 0) is 12.1 Å². The van der Waals surface area contributed by atoms with Gasteiger partial charge in [0.25, 0.3) is 10.0 Å². The number of hydrogen-bond acceptors (Lipinski definition) is 5. The molecule has 0 saturated carbocycles. The van der Waals surface area contributed by atoms with Crippen LogP contribution >= 0.6 is 0 Å². The summed E-state index contributed by atoms with van der Waals surface area (Å²) >= 11 is 0. The van der Waals surface area contributed by atoms with Gasteiger partial charge in [-0.15, -0.1) is 0 Å². The second-order valence-corrected chi connectivity index (χ2v) is 5.80. The summed E-state index contributed by atoms with van der Waals surface area (Å²) in [7, 11) is -2.58. The lowest BCUT2D eigenvalue weighted by Gasteiger charge is -2.09. The maximum Gasteiger partial charge on any atom is 0.265 e. The van der Waals surface area contributed by atoms with E-state index in [1.165, 1.54) is 30.1 Å². The highest BCUT2D eigenvalue weighted by Crippen LogP contribution is 2.23. The summed E-state index contributed by atoms with van der Waals surface area (Å²) in [6, 6.07) is 3.73. The first kappa shape index (κ1) is 15.3. The molecule has 2 aromatic rings. The highest BCUT2D eigenvalue weighted by molar-refractivity contribution is 7.92. The van der Waals surface area contributed by atoms with Crippen molar-refractivity contribution < 1.29 is 22.7 Å². The summed E-state index contributed by atoms with van der Waals surface area (Å²) < 4.78 is 46.2. The number of rotatable bonds is 6. The number of nitrogens with one attached hydrogen (secondary N) is 1. The van der Waals surface area contributed by atoms with Gasteiger partial charge in [0.2, 0.25) is 0 Å². The Morgan fingerprint density at radius 2 is 2.24 bits per heavy atom. The van der Waals surface area contributed by atoms with Gasteiger partial charge >= 0.3 is 0 Å². The molecule has 1 aromatic carbocycles. The zero-order valence-electron chi connectivity index (χ0n) is 11.2. The minimum atomic E-state index is -3.97. The van der Waals surface area contributed by atoms with Crippen LogP contribution < -0.4 is 9.46 Å². The second kappa shape index (κ2) is 6.10. The van der Waals surface area contributed by atoms with Crippen molar-refractivity contribution in [3.8, 4) is 5.75 Å². The fourth-order valence-electron chi connectivity index (χ4n) is 1.62. The smallest absolute Gasteiger partial charge is 0.265 e. The lowest BCUT2D eigenvalue weighted by Crippen LogP contribution is -2.13. The van der Waals surface area contributed by atoms with Gasteiger partial charge in [-0.3, -0.25) is 9.40 Å². The van der Waals surface area contributed by atoms with Crippen LogP contribution in [0.25, 0.3) is 0 Å². The monoisotopic (exact) mass is 315 g/mol. The number of aliphatic hydroxyl groups excluding tert-OH is 1. The largest absolute Gasteiger partial charge is 0.497 e. The van der Waals surface area contributed by atoms with Crippen molar-refractivity contribution >= 4 is 15.7 Å². The third-order valence-corrected chi connectivity index (χ3v) is 3.99. The minimum Gasteiger partial charge on any atom is -0.497 e. The van der Waals surface area contributed by atoms with Crippen LogP contribution in [0.1, 0.15) is 0 Å². The van der Waals surface area contributed by atoms with Gasteiger partial charge in [0.1, 0.15) is 16.5 Å². The quantitative estimate of drug-likeness (QED) is 0.823. The van der Waals surface area contributed by atoms with E-state index >= 15 is 0 Å². The van der Waals surface area contributed by atoms with Crippen LogP contribution in [0.2, 0.25) is 0 Å². The van der Waals surface area contributed by atoms with E-state index < -0.39 is 15.8 Å². The van der Waals surface area contributed by atoms with Gasteiger partial charge in [0, 0.05) is 12.3 Å². The number of nitrogens with zero attached hydrogens (tertiary/aromatic N) is 2. The van der Waals surface area contributed by atoms with E-state index in [-0.39, 0.29) is 23.7 Å². The fraction of sp³-hybridized carbons (Fsp3) is 0.250. The second-order valence-electron chi connectivity index (χ2n) is 4.11. The molecule has 0 bridgehead atoms. The molecular weight excluding hydrogens is 301 g/mol. The number of halogens is 1. The number of sulfonamides is 1. The Labute approximate surface area is 121 Å². The van der Waals surface area contributed by atoms with Crippen molar-refractivity contribution in [3.63, 3.8) is 0 Å². The van der Waals surface area contributed by atoms with Gasteiger partial charge in [-0.25, -0.2) is 12.8 Å². The minimum absolute atomic E-state index is 0.127. The Balaban J connectivity index is 2.28. The number of aliphatic hydroxyl groups is 1. The van der Waals surface area contributed by atoms with Crippen LogP contribution in [-0.4, -0.2) is 37.0 Å². The predicted molar refractivity (Wildman–Crippen MR) is 73.1 cm³/mol. The summed E-state index contributed by atoms with van der Waals surface area (Å²) in [5.74, 6) is -0.396. The zero-order valence-corrected chi connectivity index (χ0v) is 12.0. The molecule has 0 saturated heterocycles. The Bertz CT molecular complexity index is 730. The van der Waals surface area contributed by atoms with Crippen molar-refractivity contribution in [2.75, 3.05) is 18.4 Å². The normalized spacial score (nSPS) is 11.4. The van der Waals surface area contributed by atoms with Crippen molar-refractivity contribution in [2.45, 2.75) is 11.4 Å².